The molecule has 0 aliphatic heterocycles. The first-order valence-electron chi connectivity index (χ1n) is 8.77. The SMILES string of the molecule is COc1cc2ncnc(Oc3cccc(Cl)c3F)c2cc1OCc1ccccc1. The van der Waals surface area contributed by atoms with Gasteiger partial charge in [-0.2, -0.15) is 0 Å². The minimum absolute atomic E-state index is 0.0277. The third-order valence-electron chi connectivity index (χ3n) is 4.24. The highest BCUT2D eigenvalue weighted by atomic mass is 35.5. The van der Waals surface area contributed by atoms with Gasteiger partial charge in [-0.3, -0.25) is 0 Å². The molecule has 3 aromatic carbocycles. The molecule has 0 aliphatic carbocycles. The van der Waals surface area contributed by atoms with Crippen molar-refractivity contribution in [3.05, 3.63) is 83.4 Å². The predicted molar refractivity (Wildman–Crippen MR) is 108 cm³/mol. The summed E-state index contributed by atoms with van der Waals surface area (Å²) < 4.78 is 31.3. The van der Waals surface area contributed by atoms with Gasteiger partial charge >= 0.3 is 0 Å². The fourth-order valence-electron chi connectivity index (χ4n) is 2.80. The predicted octanol–water partition coefficient (Wildman–Crippen LogP) is 5.80. The van der Waals surface area contributed by atoms with Crippen LogP contribution in [-0.2, 0) is 6.61 Å². The van der Waals surface area contributed by atoms with E-state index in [0.29, 0.717) is 29.0 Å². The Morgan fingerprint density at radius 2 is 1.76 bits per heavy atom. The highest BCUT2D eigenvalue weighted by molar-refractivity contribution is 6.30. The lowest BCUT2D eigenvalue weighted by atomic mass is 10.2. The molecule has 0 bridgehead atoms. The molecule has 0 fully saturated rings. The van der Waals surface area contributed by atoms with Crippen LogP contribution in [0.3, 0.4) is 0 Å². The maximum atomic E-state index is 14.2. The summed E-state index contributed by atoms with van der Waals surface area (Å²) >= 11 is 5.84. The van der Waals surface area contributed by atoms with Gasteiger partial charge in [-0.25, -0.2) is 14.4 Å². The Bertz CT molecular complexity index is 1160. The number of hydrogen-bond donors (Lipinski definition) is 0. The van der Waals surface area contributed by atoms with E-state index in [1.807, 2.05) is 30.3 Å². The van der Waals surface area contributed by atoms with Crippen LogP contribution < -0.4 is 14.2 Å². The lowest BCUT2D eigenvalue weighted by Crippen LogP contribution is -1.99. The van der Waals surface area contributed by atoms with Gasteiger partial charge in [0.2, 0.25) is 5.88 Å². The van der Waals surface area contributed by atoms with Crippen LogP contribution >= 0.6 is 11.6 Å². The summed E-state index contributed by atoms with van der Waals surface area (Å²) in [4.78, 5) is 8.39. The number of benzene rings is 3. The van der Waals surface area contributed by atoms with Crippen molar-refractivity contribution in [1.29, 1.82) is 0 Å². The molecule has 29 heavy (non-hydrogen) atoms. The topological polar surface area (TPSA) is 53.5 Å². The van der Waals surface area contributed by atoms with Crippen molar-refractivity contribution in [1.82, 2.24) is 9.97 Å². The molecule has 1 heterocycles. The summed E-state index contributed by atoms with van der Waals surface area (Å²) in [6, 6.07) is 17.7. The molecule has 5 nitrogen and oxygen atoms in total. The van der Waals surface area contributed by atoms with Gasteiger partial charge in [0.25, 0.3) is 0 Å². The quantitative estimate of drug-likeness (QED) is 0.402. The highest BCUT2D eigenvalue weighted by Gasteiger charge is 2.15. The van der Waals surface area contributed by atoms with E-state index in [-0.39, 0.29) is 16.7 Å². The summed E-state index contributed by atoms with van der Waals surface area (Å²) in [5.41, 5.74) is 1.58. The molecule has 0 N–H and O–H groups in total. The fraction of sp³-hybridized carbons (Fsp3) is 0.0909. The fourth-order valence-corrected chi connectivity index (χ4v) is 2.96. The van der Waals surface area contributed by atoms with Gasteiger partial charge in [0.05, 0.1) is 23.0 Å². The summed E-state index contributed by atoms with van der Waals surface area (Å²) in [5, 5.41) is 0.519. The van der Waals surface area contributed by atoms with E-state index in [2.05, 4.69) is 9.97 Å². The maximum Gasteiger partial charge on any atom is 0.230 e. The Labute approximate surface area is 171 Å². The second-order valence-corrected chi connectivity index (χ2v) is 6.53. The molecule has 0 atom stereocenters. The van der Waals surface area contributed by atoms with Gasteiger partial charge < -0.3 is 14.2 Å². The van der Waals surface area contributed by atoms with E-state index in [1.165, 1.54) is 18.5 Å². The van der Waals surface area contributed by atoms with Gasteiger partial charge in [-0.05, 0) is 23.8 Å². The zero-order valence-electron chi connectivity index (χ0n) is 15.4. The molecule has 0 saturated heterocycles. The molecule has 0 unspecified atom stereocenters. The molecule has 0 radical (unpaired) electrons. The minimum atomic E-state index is -0.657. The van der Waals surface area contributed by atoms with Crippen LogP contribution in [0, 0.1) is 5.82 Å². The molecule has 0 amide bonds. The molecule has 4 aromatic rings. The lowest BCUT2D eigenvalue weighted by molar-refractivity contribution is 0.285. The largest absolute Gasteiger partial charge is 0.493 e. The average molecular weight is 411 g/mol. The van der Waals surface area contributed by atoms with Crippen molar-refractivity contribution in [2.45, 2.75) is 6.61 Å². The molecule has 1 aromatic heterocycles. The molecule has 4 rings (SSSR count). The number of fused-ring (bicyclic) bond motifs is 1. The first kappa shape index (κ1) is 19.0. The summed E-state index contributed by atoms with van der Waals surface area (Å²) in [6.07, 6.45) is 1.34. The van der Waals surface area contributed by atoms with Gasteiger partial charge in [0, 0.05) is 6.07 Å². The molecule has 146 valence electrons. The molecule has 0 aliphatic rings. The zero-order valence-corrected chi connectivity index (χ0v) is 16.2. The van der Waals surface area contributed by atoms with Gasteiger partial charge in [-0.1, -0.05) is 48.0 Å². The van der Waals surface area contributed by atoms with E-state index in [9.17, 15) is 4.39 Å². The van der Waals surface area contributed by atoms with Crippen molar-refractivity contribution in [2.24, 2.45) is 0 Å². The molecular formula is C22H16ClFN2O3. The van der Waals surface area contributed by atoms with E-state index in [1.54, 1.807) is 25.3 Å². The maximum absolute atomic E-state index is 14.2. The standard InChI is InChI=1S/C22H16ClFN2O3/c1-27-19-11-17-15(10-20(19)28-12-14-6-3-2-4-7-14)22(26-13-25-17)29-18-9-5-8-16(23)21(18)24/h2-11,13H,12H2,1H3. The van der Waals surface area contributed by atoms with Crippen molar-refractivity contribution < 1.29 is 18.6 Å². The second-order valence-electron chi connectivity index (χ2n) is 6.13. The van der Waals surface area contributed by atoms with E-state index >= 15 is 0 Å². The van der Waals surface area contributed by atoms with Crippen LogP contribution in [0.2, 0.25) is 5.02 Å². The van der Waals surface area contributed by atoms with Crippen LogP contribution in [0.1, 0.15) is 5.56 Å². The Morgan fingerprint density at radius 1 is 0.931 bits per heavy atom. The van der Waals surface area contributed by atoms with Crippen LogP contribution in [0.5, 0.6) is 23.1 Å². The Balaban J connectivity index is 1.71. The number of hydrogen-bond acceptors (Lipinski definition) is 5. The zero-order chi connectivity index (χ0) is 20.2. The first-order valence-corrected chi connectivity index (χ1v) is 9.15. The summed E-state index contributed by atoms with van der Waals surface area (Å²) in [5.74, 6) is 0.514. The van der Waals surface area contributed by atoms with Crippen molar-refractivity contribution in [3.63, 3.8) is 0 Å². The van der Waals surface area contributed by atoms with Gasteiger partial charge in [0.15, 0.2) is 23.1 Å². The van der Waals surface area contributed by atoms with Gasteiger partial charge in [-0.15, -0.1) is 0 Å². The normalized spacial score (nSPS) is 10.7. The van der Waals surface area contributed by atoms with Gasteiger partial charge in [0.1, 0.15) is 12.9 Å². The van der Waals surface area contributed by atoms with Crippen LogP contribution in [0.4, 0.5) is 4.39 Å². The minimum Gasteiger partial charge on any atom is -0.493 e. The number of methoxy groups -OCH3 is 1. The van der Waals surface area contributed by atoms with Crippen LogP contribution in [-0.4, -0.2) is 17.1 Å². The first-order chi connectivity index (χ1) is 14.2. The van der Waals surface area contributed by atoms with E-state index in [0.717, 1.165) is 5.56 Å². The Hall–Kier alpha value is -3.38. The number of rotatable bonds is 6. The summed E-state index contributed by atoms with van der Waals surface area (Å²) in [6.45, 7) is 0.357. The Morgan fingerprint density at radius 3 is 2.55 bits per heavy atom. The third-order valence-corrected chi connectivity index (χ3v) is 4.54. The molecule has 0 saturated carbocycles. The molecule has 0 spiro atoms. The van der Waals surface area contributed by atoms with Crippen molar-refractivity contribution in [2.75, 3.05) is 7.11 Å². The molecular weight excluding hydrogens is 395 g/mol. The molecule has 7 heteroatoms. The lowest BCUT2D eigenvalue weighted by Gasteiger charge is -2.14. The van der Waals surface area contributed by atoms with Crippen LogP contribution in [0.25, 0.3) is 10.9 Å². The smallest absolute Gasteiger partial charge is 0.230 e. The number of nitrogens with zero attached hydrogens (tertiary/aromatic N) is 2. The average Bonchev–Trinajstić information content (AvgIpc) is 2.76. The van der Waals surface area contributed by atoms with E-state index in [4.69, 9.17) is 25.8 Å². The van der Waals surface area contributed by atoms with E-state index < -0.39 is 5.82 Å². The number of aromatic nitrogens is 2. The monoisotopic (exact) mass is 410 g/mol. The second kappa shape index (κ2) is 8.32. The van der Waals surface area contributed by atoms with Crippen molar-refractivity contribution in [3.8, 4) is 23.1 Å². The summed E-state index contributed by atoms with van der Waals surface area (Å²) in [7, 11) is 1.55. The Kier molecular flexibility index (Phi) is 5.44. The highest BCUT2D eigenvalue weighted by Crippen LogP contribution is 2.37. The third kappa shape index (κ3) is 4.07. The van der Waals surface area contributed by atoms with Crippen LogP contribution in [0.15, 0.2) is 67.0 Å². The number of halogens is 2. The number of ether oxygens (including phenoxy) is 3. The van der Waals surface area contributed by atoms with Crippen molar-refractivity contribution >= 4 is 22.5 Å².